The Morgan fingerprint density at radius 3 is 2.65 bits per heavy atom. The predicted molar refractivity (Wildman–Crippen MR) is 85.7 cm³/mol. The first kappa shape index (κ1) is 13.2. The SMILES string of the molecule is CNC(c1cccc(OC)c1)c1cc2ccccc2s1. The van der Waals surface area contributed by atoms with Crippen molar-refractivity contribution in [3.8, 4) is 5.75 Å². The molecule has 102 valence electrons. The van der Waals surface area contributed by atoms with E-state index < -0.39 is 0 Å². The van der Waals surface area contributed by atoms with Crippen molar-refractivity contribution in [2.45, 2.75) is 6.04 Å². The van der Waals surface area contributed by atoms with Gasteiger partial charge in [0.1, 0.15) is 5.75 Å². The van der Waals surface area contributed by atoms with E-state index in [-0.39, 0.29) is 6.04 Å². The highest BCUT2D eigenvalue weighted by molar-refractivity contribution is 7.19. The van der Waals surface area contributed by atoms with Gasteiger partial charge < -0.3 is 10.1 Å². The van der Waals surface area contributed by atoms with Crippen LogP contribution in [0.15, 0.2) is 54.6 Å². The summed E-state index contributed by atoms with van der Waals surface area (Å²) in [5.74, 6) is 0.892. The molecule has 2 nitrogen and oxygen atoms in total. The van der Waals surface area contributed by atoms with Crippen LogP contribution in [0.5, 0.6) is 5.75 Å². The highest BCUT2D eigenvalue weighted by atomic mass is 32.1. The summed E-state index contributed by atoms with van der Waals surface area (Å²) in [6, 6.07) is 19.2. The molecule has 3 aromatic rings. The van der Waals surface area contributed by atoms with Crippen molar-refractivity contribution in [2.24, 2.45) is 0 Å². The van der Waals surface area contributed by atoms with Crippen molar-refractivity contribution in [1.82, 2.24) is 5.32 Å². The van der Waals surface area contributed by atoms with E-state index in [1.165, 1.54) is 20.5 Å². The monoisotopic (exact) mass is 283 g/mol. The first-order valence-corrected chi connectivity index (χ1v) is 7.43. The van der Waals surface area contributed by atoms with Gasteiger partial charge in [0.2, 0.25) is 0 Å². The lowest BCUT2D eigenvalue weighted by Gasteiger charge is -2.15. The van der Waals surface area contributed by atoms with Crippen molar-refractivity contribution in [3.05, 3.63) is 65.0 Å². The summed E-state index contributed by atoms with van der Waals surface area (Å²) >= 11 is 1.83. The lowest BCUT2D eigenvalue weighted by atomic mass is 10.0. The molecule has 2 aromatic carbocycles. The minimum Gasteiger partial charge on any atom is -0.497 e. The molecular formula is C17H17NOS. The molecule has 1 heterocycles. The smallest absolute Gasteiger partial charge is 0.119 e. The van der Waals surface area contributed by atoms with Crippen molar-refractivity contribution in [2.75, 3.05) is 14.2 Å². The number of ether oxygens (including phenoxy) is 1. The fourth-order valence-electron chi connectivity index (χ4n) is 2.44. The molecule has 0 saturated carbocycles. The van der Waals surface area contributed by atoms with Gasteiger partial charge in [0, 0.05) is 9.58 Å². The predicted octanol–water partition coefficient (Wildman–Crippen LogP) is 4.22. The zero-order chi connectivity index (χ0) is 13.9. The topological polar surface area (TPSA) is 21.3 Å². The molecule has 0 aliphatic rings. The summed E-state index contributed by atoms with van der Waals surface area (Å²) in [6.07, 6.45) is 0. The van der Waals surface area contributed by atoms with Crippen LogP contribution in [-0.4, -0.2) is 14.2 Å². The van der Waals surface area contributed by atoms with E-state index in [0.29, 0.717) is 0 Å². The van der Waals surface area contributed by atoms with Crippen LogP contribution in [0, 0.1) is 0 Å². The largest absolute Gasteiger partial charge is 0.497 e. The number of methoxy groups -OCH3 is 1. The molecular weight excluding hydrogens is 266 g/mol. The molecule has 0 aliphatic carbocycles. The molecule has 1 unspecified atom stereocenters. The molecule has 0 spiro atoms. The Bertz CT molecular complexity index is 687. The molecule has 0 fully saturated rings. The second-order valence-corrected chi connectivity index (χ2v) is 5.80. The standard InChI is InChI=1S/C17H17NOS/c1-18-17(13-7-5-8-14(10-13)19-2)16-11-12-6-3-4-9-15(12)20-16/h3-11,17-18H,1-2H3. The van der Waals surface area contributed by atoms with E-state index >= 15 is 0 Å². The van der Waals surface area contributed by atoms with Gasteiger partial charge in [0.05, 0.1) is 13.2 Å². The number of fused-ring (bicyclic) bond motifs is 1. The summed E-state index contributed by atoms with van der Waals surface area (Å²) in [4.78, 5) is 1.32. The van der Waals surface area contributed by atoms with Crippen LogP contribution in [0.3, 0.4) is 0 Å². The minimum atomic E-state index is 0.197. The Labute approximate surface area is 123 Å². The van der Waals surface area contributed by atoms with Crippen LogP contribution in [0.4, 0.5) is 0 Å². The molecule has 1 aromatic heterocycles. The molecule has 0 saturated heterocycles. The zero-order valence-corrected chi connectivity index (χ0v) is 12.4. The van der Waals surface area contributed by atoms with E-state index in [4.69, 9.17) is 4.74 Å². The maximum atomic E-state index is 5.32. The number of rotatable bonds is 4. The quantitative estimate of drug-likeness (QED) is 0.774. The van der Waals surface area contributed by atoms with E-state index in [9.17, 15) is 0 Å². The summed E-state index contributed by atoms with van der Waals surface area (Å²) < 4.78 is 6.64. The second kappa shape index (κ2) is 5.65. The van der Waals surface area contributed by atoms with E-state index in [0.717, 1.165) is 5.75 Å². The van der Waals surface area contributed by atoms with Gasteiger partial charge in [-0.3, -0.25) is 0 Å². The highest BCUT2D eigenvalue weighted by Crippen LogP contribution is 2.33. The normalized spacial score (nSPS) is 12.5. The van der Waals surface area contributed by atoms with Crippen molar-refractivity contribution >= 4 is 21.4 Å². The maximum Gasteiger partial charge on any atom is 0.119 e. The van der Waals surface area contributed by atoms with Crippen LogP contribution in [0.25, 0.3) is 10.1 Å². The van der Waals surface area contributed by atoms with Crippen LogP contribution in [0.1, 0.15) is 16.5 Å². The summed E-state index contributed by atoms with van der Waals surface area (Å²) in [5.41, 5.74) is 1.22. The summed E-state index contributed by atoms with van der Waals surface area (Å²) in [7, 11) is 3.70. The fourth-order valence-corrected chi connectivity index (χ4v) is 3.64. The van der Waals surface area contributed by atoms with Crippen LogP contribution in [-0.2, 0) is 0 Å². The number of thiophene rings is 1. The van der Waals surface area contributed by atoms with E-state index in [1.807, 2.05) is 30.5 Å². The lowest BCUT2D eigenvalue weighted by Crippen LogP contribution is -2.16. The molecule has 0 radical (unpaired) electrons. The zero-order valence-electron chi connectivity index (χ0n) is 11.6. The first-order valence-electron chi connectivity index (χ1n) is 6.61. The number of benzene rings is 2. The van der Waals surface area contributed by atoms with Crippen LogP contribution in [0.2, 0.25) is 0 Å². The molecule has 3 rings (SSSR count). The molecule has 0 bridgehead atoms. The first-order chi connectivity index (χ1) is 9.81. The third-order valence-electron chi connectivity index (χ3n) is 3.44. The van der Waals surface area contributed by atoms with Crippen LogP contribution < -0.4 is 10.1 Å². The van der Waals surface area contributed by atoms with Gasteiger partial charge in [-0.2, -0.15) is 0 Å². The number of hydrogen-bond donors (Lipinski definition) is 1. The molecule has 3 heteroatoms. The van der Waals surface area contributed by atoms with Gasteiger partial charge in [-0.25, -0.2) is 0 Å². The molecule has 0 aliphatic heterocycles. The van der Waals surface area contributed by atoms with Crippen molar-refractivity contribution in [1.29, 1.82) is 0 Å². The Kier molecular flexibility index (Phi) is 3.72. The molecule has 0 amide bonds. The van der Waals surface area contributed by atoms with Gasteiger partial charge >= 0.3 is 0 Å². The van der Waals surface area contributed by atoms with Gasteiger partial charge in [0.25, 0.3) is 0 Å². The second-order valence-electron chi connectivity index (χ2n) is 4.68. The third kappa shape index (κ3) is 2.42. The summed E-state index contributed by atoms with van der Waals surface area (Å²) in [6.45, 7) is 0. The minimum absolute atomic E-state index is 0.197. The lowest BCUT2D eigenvalue weighted by molar-refractivity contribution is 0.414. The molecule has 20 heavy (non-hydrogen) atoms. The average Bonchev–Trinajstić information content (AvgIpc) is 2.91. The Hall–Kier alpha value is -1.84. The third-order valence-corrected chi connectivity index (χ3v) is 4.63. The average molecular weight is 283 g/mol. The van der Waals surface area contributed by atoms with Crippen LogP contribution >= 0.6 is 11.3 Å². The number of hydrogen-bond acceptors (Lipinski definition) is 3. The Morgan fingerprint density at radius 2 is 1.90 bits per heavy atom. The van der Waals surface area contributed by atoms with E-state index in [1.54, 1.807) is 7.11 Å². The molecule has 1 atom stereocenters. The Balaban J connectivity index is 2.03. The summed E-state index contributed by atoms with van der Waals surface area (Å²) in [5, 5.41) is 4.70. The fraction of sp³-hybridized carbons (Fsp3) is 0.176. The van der Waals surface area contributed by atoms with Crippen molar-refractivity contribution < 1.29 is 4.74 Å². The van der Waals surface area contributed by atoms with E-state index in [2.05, 4.69) is 47.8 Å². The maximum absolute atomic E-state index is 5.32. The van der Waals surface area contributed by atoms with Gasteiger partial charge in [-0.05, 0) is 42.3 Å². The van der Waals surface area contributed by atoms with Gasteiger partial charge in [-0.1, -0.05) is 30.3 Å². The number of nitrogens with one attached hydrogen (secondary N) is 1. The van der Waals surface area contributed by atoms with Gasteiger partial charge in [-0.15, -0.1) is 11.3 Å². The van der Waals surface area contributed by atoms with Gasteiger partial charge in [0.15, 0.2) is 0 Å². The van der Waals surface area contributed by atoms with Crippen molar-refractivity contribution in [3.63, 3.8) is 0 Å². The Morgan fingerprint density at radius 1 is 1.05 bits per heavy atom. The highest BCUT2D eigenvalue weighted by Gasteiger charge is 2.15. The molecule has 1 N–H and O–H groups in total.